The van der Waals surface area contributed by atoms with Crippen molar-refractivity contribution >= 4 is 33.0 Å². The molecule has 5 nitrogen and oxygen atoms in total. The van der Waals surface area contributed by atoms with Crippen molar-refractivity contribution in [2.24, 2.45) is 0 Å². The largest absolute Gasteiger partial charge is 0.311 e. The summed E-state index contributed by atoms with van der Waals surface area (Å²) in [7, 11) is -2.46. The minimum absolute atomic E-state index is 0.138. The van der Waals surface area contributed by atoms with Gasteiger partial charge in [0.15, 0.2) is 0 Å². The summed E-state index contributed by atoms with van der Waals surface area (Å²) >= 11 is 1.06. The van der Waals surface area contributed by atoms with E-state index in [1.807, 2.05) is 0 Å². The van der Waals surface area contributed by atoms with Crippen molar-refractivity contribution in [2.75, 3.05) is 25.0 Å². The highest BCUT2D eigenvalue weighted by Gasteiger charge is 2.29. The van der Waals surface area contributed by atoms with Crippen LogP contribution in [0.15, 0.2) is 33.9 Å². The number of thiophene rings is 1. The lowest BCUT2D eigenvalue weighted by molar-refractivity contribution is -0.118. The average molecular weight is 386 g/mol. The number of sulfonamides is 1. The molecule has 0 unspecified atom stereocenters. The van der Waals surface area contributed by atoms with Gasteiger partial charge in [0.1, 0.15) is 15.8 Å². The summed E-state index contributed by atoms with van der Waals surface area (Å²) in [4.78, 5) is 13.8. The summed E-state index contributed by atoms with van der Waals surface area (Å²) in [6.07, 6.45) is 0.942. The number of nitrogens with zero attached hydrogens (tertiary/aromatic N) is 2. The van der Waals surface area contributed by atoms with Crippen molar-refractivity contribution in [1.82, 2.24) is 4.31 Å². The number of benzene rings is 1. The smallest absolute Gasteiger partial charge is 0.252 e. The lowest BCUT2D eigenvalue weighted by Gasteiger charge is -2.31. The van der Waals surface area contributed by atoms with Gasteiger partial charge >= 0.3 is 0 Å². The number of anilines is 1. The predicted molar refractivity (Wildman–Crippen MR) is 91.2 cm³/mol. The van der Waals surface area contributed by atoms with Crippen LogP contribution in [0, 0.1) is 11.6 Å². The second-order valence-electron chi connectivity index (χ2n) is 5.73. The first-order valence-electron chi connectivity index (χ1n) is 7.59. The van der Waals surface area contributed by atoms with Crippen LogP contribution in [0.4, 0.5) is 14.5 Å². The normalized spacial score (nSPS) is 14.6. The van der Waals surface area contributed by atoms with Gasteiger partial charge < -0.3 is 4.90 Å². The molecular formula is C16H16F2N2O3S2. The van der Waals surface area contributed by atoms with E-state index in [0.717, 1.165) is 27.8 Å². The van der Waals surface area contributed by atoms with Crippen LogP contribution in [0.25, 0.3) is 0 Å². The molecular weight excluding hydrogens is 370 g/mol. The third-order valence-corrected chi connectivity index (χ3v) is 7.23. The highest BCUT2D eigenvalue weighted by atomic mass is 32.2. The molecule has 2 aromatic rings. The summed E-state index contributed by atoms with van der Waals surface area (Å²) < 4.78 is 53.4. The third-order valence-electron chi connectivity index (χ3n) is 4.05. The van der Waals surface area contributed by atoms with Crippen LogP contribution in [0.2, 0.25) is 0 Å². The summed E-state index contributed by atoms with van der Waals surface area (Å²) in [6.45, 7) is -0.112. The Morgan fingerprint density at radius 2 is 2.12 bits per heavy atom. The van der Waals surface area contributed by atoms with Crippen molar-refractivity contribution in [3.8, 4) is 0 Å². The van der Waals surface area contributed by atoms with Gasteiger partial charge in [-0.1, -0.05) is 6.07 Å². The van der Waals surface area contributed by atoms with Crippen molar-refractivity contribution in [3.63, 3.8) is 0 Å². The molecule has 9 heteroatoms. The Morgan fingerprint density at radius 3 is 2.80 bits per heavy atom. The molecule has 3 rings (SSSR count). The summed E-state index contributed by atoms with van der Waals surface area (Å²) in [5, 5.41) is 1.63. The van der Waals surface area contributed by atoms with E-state index in [1.165, 1.54) is 18.0 Å². The van der Waals surface area contributed by atoms with Gasteiger partial charge in [-0.3, -0.25) is 4.79 Å². The Morgan fingerprint density at radius 1 is 1.36 bits per heavy atom. The first kappa shape index (κ1) is 18.0. The molecule has 1 aliphatic rings. The van der Waals surface area contributed by atoms with E-state index in [-0.39, 0.29) is 15.5 Å². The predicted octanol–water partition coefficient (Wildman–Crippen LogP) is 2.63. The number of hydrogen-bond acceptors (Lipinski definition) is 4. The fourth-order valence-corrected chi connectivity index (χ4v) is 5.12. The topological polar surface area (TPSA) is 57.7 Å². The molecule has 1 aliphatic heterocycles. The van der Waals surface area contributed by atoms with E-state index in [9.17, 15) is 22.0 Å². The van der Waals surface area contributed by atoms with Crippen LogP contribution >= 0.6 is 11.3 Å². The number of rotatable bonds is 4. The maximum atomic E-state index is 13.9. The maximum absolute atomic E-state index is 13.9. The van der Waals surface area contributed by atoms with Crippen LogP contribution in [0.5, 0.6) is 0 Å². The number of likely N-dealkylation sites (N-methyl/N-ethyl adjacent to an activating group) is 1. The fraction of sp³-hybridized carbons (Fsp3) is 0.312. The Balaban J connectivity index is 1.84. The molecule has 0 N–H and O–H groups in total. The molecule has 0 aliphatic carbocycles. The van der Waals surface area contributed by atoms with Crippen LogP contribution in [0.1, 0.15) is 12.0 Å². The molecule has 0 radical (unpaired) electrons. The van der Waals surface area contributed by atoms with Gasteiger partial charge in [0.2, 0.25) is 5.91 Å². The quantitative estimate of drug-likeness (QED) is 0.812. The lowest BCUT2D eigenvalue weighted by atomic mass is 10.0. The first-order valence-corrected chi connectivity index (χ1v) is 9.91. The fourth-order valence-electron chi connectivity index (χ4n) is 2.80. The van der Waals surface area contributed by atoms with Gasteiger partial charge in [0.25, 0.3) is 10.0 Å². The standard InChI is InChI=1S/C16H16F2N2O3S2/c1-19(25(22,23)16-5-3-7-24-16)10-15(21)20-6-2-4-12-13(18)8-11(17)9-14(12)20/h3,5,7-9H,2,4,6,10H2,1H3. The molecule has 0 atom stereocenters. The van der Waals surface area contributed by atoms with Gasteiger partial charge in [-0.15, -0.1) is 11.3 Å². The number of carbonyl (C=O) groups excluding carboxylic acids is 1. The maximum Gasteiger partial charge on any atom is 0.252 e. The summed E-state index contributed by atoms with van der Waals surface area (Å²) in [5.41, 5.74) is 0.459. The zero-order valence-electron chi connectivity index (χ0n) is 13.4. The monoisotopic (exact) mass is 386 g/mol. The Hall–Kier alpha value is -1.84. The zero-order valence-corrected chi connectivity index (χ0v) is 15.0. The van der Waals surface area contributed by atoms with E-state index in [4.69, 9.17) is 0 Å². The van der Waals surface area contributed by atoms with Gasteiger partial charge in [-0.05, 0) is 30.4 Å². The summed E-state index contributed by atoms with van der Waals surface area (Å²) in [5.74, 6) is -1.98. The number of carbonyl (C=O) groups is 1. The van der Waals surface area contributed by atoms with E-state index in [0.29, 0.717) is 19.4 Å². The first-order chi connectivity index (χ1) is 11.8. The van der Waals surface area contributed by atoms with Crippen LogP contribution in [-0.2, 0) is 21.2 Å². The molecule has 1 amide bonds. The minimum Gasteiger partial charge on any atom is -0.311 e. The molecule has 1 aromatic heterocycles. The molecule has 0 spiro atoms. The van der Waals surface area contributed by atoms with Crippen LogP contribution in [-0.4, -0.2) is 38.8 Å². The minimum atomic E-state index is -3.77. The molecule has 0 saturated carbocycles. The Labute approximate surface area is 148 Å². The lowest BCUT2D eigenvalue weighted by Crippen LogP contribution is -2.43. The third kappa shape index (κ3) is 3.44. The SMILES string of the molecule is CN(CC(=O)N1CCCc2c(F)cc(F)cc21)S(=O)(=O)c1cccs1. The highest BCUT2D eigenvalue weighted by molar-refractivity contribution is 7.91. The number of halogens is 2. The number of hydrogen-bond donors (Lipinski definition) is 0. The Bertz CT molecular complexity index is 898. The molecule has 0 bridgehead atoms. The number of fused-ring (bicyclic) bond motifs is 1. The molecule has 25 heavy (non-hydrogen) atoms. The van der Waals surface area contributed by atoms with Gasteiger partial charge in [0, 0.05) is 25.2 Å². The zero-order chi connectivity index (χ0) is 18.2. The number of amides is 1. The van der Waals surface area contributed by atoms with Crippen molar-refractivity contribution in [1.29, 1.82) is 0 Å². The van der Waals surface area contributed by atoms with Gasteiger partial charge in [-0.25, -0.2) is 17.2 Å². The van der Waals surface area contributed by atoms with E-state index in [2.05, 4.69) is 0 Å². The van der Waals surface area contributed by atoms with E-state index < -0.39 is 34.1 Å². The van der Waals surface area contributed by atoms with Gasteiger partial charge in [-0.2, -0.15) is 4.31 Å². The Kier molecular flexibility index (Phi) is 4.90. The van der Waals surface area contributed by atoms with Crippen molar-refractivity contribution < 1.29 is 22.0 Å². The van der Waals surface area contributed by atoms with Crippen molar-refractivity contribution in [2.45, 2.75) is 17.1 Å². The van der Waals surface area contributed by atoms with Crippen LogP contribution < -0.4 is 4.90 Å². The van der Waals surface area contributed by atoms with E-state index in [1.54, 1.807) is 11.4 Å². The second kappa shape index (κ2) is 6.81. The molecule has 0 fully saturated rings. The van der Waals surface area contributed by atoms with Gasteiger partial charge in [0.05, 0.1) is 12.2 Å². The van der Waals surface area contributed by atoms with E-state index >= 15 is 0 Å². The second-order valence-corrected chi connectivity index (χ2v) is 8.95. The highest BCUT2D eigenvalue weighted by Crippen LogP contribution is 2.30. The molecule has 2 heterocycles. The molecule has 1 aromatic carbocycles. The average Bonchev–Trinajstić information content (AvgIpc) is 3.09. The van der Waals surface area contributed by atoms with Crippen molar-refractivity contribution in [3.05, 3.63) is 46.8 Å². The van der Waals surface area contributed by atoms with Crippen LogP contribution in [0.3, 0.4) is 0 Å². The molecule has 134 valence electrons. The summed E-state index contributed by atoms with van der Waals surface area (Å²) in [6, 6.07) is 4.98. The molecule has 0 saturated heterocycles.